The van der Waals surface area contributed by atoms with Crippen LogP contribution < -0.4 is 0 Å². The van der Waals surface area contributed by atoms with Crippen LogP contribution in [0.15, 0.2) is 47.9 Å². The van der Waals surface area contributed by atoms with Crippen molar-refractivity contribution in [3.8, 4) is 0 Å². The molecule has 2 aliphatic rings. The molecule has 21 heavy (non-hydrogen) atoms. The van der Waals surface area contributed by atoms with Crippen molar-refractivity contribution < 1.29 is 4.79 Å². The average Bonchev–Trinajstić information content (AvgIpc) is 2.84. The molecule has 1 aromatic heterocycles. The summed E-state index contributed by atoms with van der Waals surface area (Å²) < 4.78 is 0. The van der Waals surface area contributed by atoms with Gasteiger partial charge in [-0.25, -0.2) is 5.12 Å². The van der Waals surface area contributed by atoms with Crippen LogP contribution in [0.3, 0.4) is 0 Å². The first-order valence-corrected chi connectivity index (χ1v) is 6.83. The second-order valence-electron chi connectivity index (χ2n) is 4.67. The van der Waals surface area contributed by atoms with Crippen molar-refractivity contribution in [1.29, 1.82) is 0 Å². The van der Waals surface area contributed by atoms with Gasteiger partial charge in [-0.3, -0.25) is 4.79 Å². The fraction of sp³-hybridized carbons (Fsp3) is 0.286. The molecule has 0 bridgehead atoms. The molecule has 0 N–H and O–H groups in total. The predicted octanol–water partition coefficient (Wildman–Crippen LogP) is 0.521. The summed E-state index contributed by atoms with van der Waals surface area (Å²) in [6.07, 6.45) is 11.0. The molecule has 1 saturated heterocycles. The predicted molar refractivity (Wildman–Crippen MR) is 78.1 cm³/mol. The van der Waals surface area contributed by atoms with Crippen LogP contribution in [-0.4, -0.2) is 63.5 Å². The van der Waals surface area contributed by atoms with E-state index in [0.29, 0.717) is 18.8 Å². The number of aromatic nitrogens is 2. The van der Waals surface area contributed by atoms with Gasteiger partial charge in [0.25, 0.3) is 5.91 Å². The first-order chi connectivity index (χ1) is 10.3. The molecule has 0 spiro atoms. The second kappa shape index (κ2) is 6.27. The number of amides is 1. The number of hydrazone groups is 1. The lowest BCUT2D eigenvalue weighted by atomic mass is 10.3. The minimum atomic E-state index is -0.0701. The number of hydrogen-bond acceptors (Lipinski definition) is 6. The number of rotatable bonds is 2. The van der Waals surface area contributed by atoms with E-state index in [1.54, 1.807) is 29.4 Å². The van der Waals surface area contributed by atoms with Crippen molar-refractivity contribution in [2.24, 2.45) is 5.10 Å². The Bertz CT molecular complexity index is 558. The van der Waals surface area contributed by atoms with Gasteiger partial charge in [0.2, 0.25) is 0 Å². The molecular formula is C14H16N6O. The Kier molecular flexibility index (Phi) is 4.02. The Morgan fingerprint density at radius 3 is 2.71 bits per heavy atom. The first kappa shape index (κ1) is 13.4. The lowest BCUT2D eigenvalue weighted by Crippen LogP contribution is -2.52. The minimum absolute atomic E-state index is 0.0701. The molecule has 108 valence electrons. The summed E-state index contributed by atoms with van der Waals surface area (Å²) in [6.45, 7) is 2.74. The fourth-order valence-electron chi connectivity index (χ4n) is 2.23. The minimum Gasteiger partial charge on any atom is -0.335 e. The van der Waals surface area contributed by atoms with E-state index in [2.05, 4.69) is 20.3 Å². The summed E-state index contributed by atoms with van der Waals surface area (Å²) in [6, 6.07) is 3.41. The molecule has 0 aromatic carbocycles. The molecule has 3 heterocycles. The summed E-state index contributed by atoms with van der Waals surface area (Å²) in [5.74, 6) is -0.0701. The molecule has 1 fully saturated rings. The zero-order chi connectivity index (χ0) is 14.5. The Morgan fingerprint density at radius 2 is 1.95 bits per heavy atom. The third-order valence-electron chi connectivity index (χ3n) is 3.34. The van der Waals surface area contributed by atoms with Crippen LogP contribution >= 0.6 is 0 Å². The second-order valence-corrected chi connectivity index (χ2v) is 4.67. The number of piperazine rings is 1. The van der Waals surface area contributed by atoms with Crippen molar-refractivity contribution in [3.05, 3.63) is 48.5 Å². The van der Waals surface area contributed by atoms with Crippen LogP contribution in [-0.2, 0) is 0 Å². The zero-order valence-corrected chi connectivity index (χ0v) is 11.5. The van der Waals surface area contributed by atoms with Gasteiger partial charge < -0.3 is 4.90 Å². The Balaban J connectivity index is 1.59. The third-order valence-corrected chi connectivity index (χ3v) is 3.34. The lowest BCUT2D eigenvalue weighted by molar-refractivity contribution is -0.0151. The van der Waals surface area contributed by atoms with Gasteiger partial charge in [0.1, 0.15) is 0 Å². The van der Waals surface area contributed by atoms with E-state index in [-0.39, 0.29) is 5.91 Å². The van der Waals surface area contributed by atoms with Gasteiger partial charge in [0.05, 0.1) is 0 Å². The van der Waals surface area contributed by atoms with E-state index in [0.717, 1.165) is 13.1 Å². The summed E-state index contributed by atoms with van der Waals surface area (Å²) in [5, 5.41) is 15.8. The van der Waals surface area contributed by atoms with Crippen LogP contribution in [0.2, 0.25) is 0 Å². The Hall–Kier alpha value is -2.54. The highest BCUT2D eigenvalue weighted by Crippen LogP contribution is 2.10. The quantitative estimate of drug-likeness (QED) is 0.792. The Morgan fingerprint density at radius 1 is 1.10 bits per heavy atom. The smallest absolute Gasteiger partial charge is 0.274 e. The lowest BCUT2D eigenvalue weighted by Gasteiger charge is -2.37. The standard InChI is InChI=1S/C14H16N6O/c21-14(13-5-4-6-15-17-13)18-9-11-19(12-10-18)20-8-3-1-2-7-16-20/h1-8H,9-12H2. The van der Waals surface area contributed by atoms with Gasteiger partial charge in [-0.2, -0.15) is 15.2 Å². The van der Waals surface area contributed by atoms with Gasteiger partial charge >= 0.3 is 0 Å². The van der Waals surface area contributed by atoms with Crippen LogP contribution in [0.5, 0.6) is 0 Å². The molecule has 0 unspecified atom stereocenters. The largest absolute Gasteiger partial charge is 0.335 e. The highest BCUT2D eigenvalue weighted by molar-refractivity contribution is 5.92. The maximum Gasteiger partial charge on any atom is 0.274 e. The number of hydrazine groups is 1. The van der Waals surface area contributed by atoms with Crippen molar-refractivity contribution >= 4 is 12.1 Å². The van der Waals surface area contributed by atoms with Gasteiger partial charge in [-0.15, -0.1) is 5.10 Å². The number of nitrogens with zero attached hydrogens (tertiary/aromatic N) is 6. The molecule has 0 saturated carbocycles. The van der Waals surface area contributed by atoms with Gasteiger partial charge in [0, 0.05) is 44.8 Å². The van der Waals surface area contributed by atoms with Crippen LogP contribution in [0.4, 0.5) is 0 Å². The monoisotopic (exact) mass is 284 g/mol. The van der Waals surface area contributed by atoms with Gasteiger partial charge in [-0.05, 0) is 24.3 Å². The van der Waals surface area contributed by atoms with E-state index in [9.17, 15) is 4.79 Å². The fourth-order valence-corrected chi connectivity index (χ4v) is 2.23. The SMILES string of the molecule is O=C(c1cccnn1)N1CCN(N2C=CC=CC=N2)CC1. The van der Waals surface area contributed by atoms with Gasteiger partial charge in [0.15, 0.2) is 5.69 Å². The van der Waals surface area contributed by atoms with E-state index in [4.69, 9.17) is 0 Å². The summed E-state index contributed by atoms with van der Waals surface area (Å²) in [4.78, 5) is 14.1. The zero-order valence-electron chi connectivity index (χ0n) is 11.5. The Labute approximate surface area is 122 Å². The van der Waals surface area contributed by atoms with E-state index < -0.39 is 0 Å². The molecule has 1 amide bonds. The molecule has 0 radical (unpaired) electrons. The van der Waals surface area contributed by atoms with Crippen LogP contribution in [0.25, 0.3) is 0 Å². The molecule has 7 nitrogen and oxygen atoms in total. The van der Waals surface area contributed by atoms with Gasteiger partial charge in [-0.1, -0.05) is 6.08 Å². The average molecular weight is 284 g/mol. The van der Waals surface area contributed by atoms with E-state index in [1.807, 2.05) is 29.5 Å². The normalized spacial score (nSPS) is 18.9. The van der Waals surface area contributed by atoms with E-state index >= 15 is 0 Å². The number of allylic oxidation sites excluding steroid dienone is 3. The van der Waals surface area contributed by atoms with Crippen LogP contribution in [0, 0.1) is 0 Å². The third kappa shape index (κ3) is 3.14. The maximum atomic E-state index is 12.3. The number of hydrogen-bond donors (Lipinski definition) is 0. The highest BCUT2D eigenvalue weighted by atomic mass is 16.2. The summed E-state index contributed by atoms with van der Waals surface area (Å²) in [7, 11) is 0. The van der Waals surface area contributed by atoms with Crippen molar-refractivity contribution in [1.82, 2.24) is 25.2 Å². The topological polar surface area (TPSA) is 64.9 Å². The molecule has 3 rings (SSSR count). The molecule has 7 heteroatoms. The first-order valence-electron chi connectivity index (χ1n) is 6.83. The van der Waals surface area contributed by atoms with E-state index in [1.165, 1.54) is 0 Å². The molecule has 0 atom stereocenters. The van der Waals surface area contributed by atoms with Crippen LogP contribution in [0.1, 0.15) is 10.5 Å². The maximum absolute atomic E-state index is 12.3. The van der Waals surface area contributed by atoms with Crippen molar-refractivity contribution in [2.75, 3.05) is 26.2 Å². The number of carbonyl (C=O) groups excluding carboxylic acids is 1. The molecule has 2 aliphatic heterocycles. The summed E-state index contributed by atoms with van der Waals surface area (Å²) in [5.41, 5.74) is 0.392. The molecule has 0 aliphatic carbocycles. The summed E-state index contributed by atoms with van der Waals surface area (Å²) >= 11 is 0. The highest BCUT2D eigenvalue weighted by Gasteiger charge is 2.25. The van der Waals surface area contributed by atoms with Crippen molar-refractivity contribution in [2.45, 2.75) is 0 Å². The molecule has 1 aromatic rings. The van der Waals surface area contributed by atoms with Crippen molar-refractivity contribution in [3.63, 3.8) is 0 Å². The molecular weight excluding hydrogens is 268 g/mol. The number of carbonyl (C=O) groups is 1.